The van der Waals surface area contributed by atoms with Crippen molar-refractivity contribution < 1.29 is 23.8 Å². The van der Waals surface area contributed by atoms with Gasteiger partial charge in [0.25, 0.3) is 0 Å². The van der Waals surface area contributed by atoms with Crippen LogP contribution in [0.15, 0.2) is 85.2 Å². The topological polar surface area (TPSA) is 146 Å². The highest BCUT2D eigenvalue weighted by atomic mass is 35.5. The molecule has 0 spiro atoms. The highest BCUT2D eigenvalue weighted by Crippen LogP contribution is 2.20. The summed E-state index contributed by atoms with van der Waals surface area (Å²) in [5.41, 5.74) is 4.40. The molecule has 2 saturated heterocycles. The third kappa shape index (κ3) is 16.6. The quantitative estimate of drug-likeness (QED) is 0.0949. The van der Waals surface area contributed by atoms with Crippen LogP contribution in [0.2, 0.25) is 0 Å². The maximum atomic E-state index is 13.0. The van der Waals surface area contributed by atoms with Gasteiger partial charge < -0.3 is 36.5 Å². The van der Waals surface area contributed by atoms with Gasteiger partial charge >= 0.3 is 12.1 Å². The summed E-state index contributed by atoms with van der Waals surface area (Å²) in [4.78, 5) is 37.6. The fourth-order valence-electron chi connectivity index (χ4n) is 6.56. The molecule has 2 fully saturated rings. The van der Waals surface area contributed by atoms with Crippen molar-refractivity contribution >= 4 is 35.8 Å². The van der Waals surface area contributed by atoms with Gasteiger partial charge in [-0.15, -0.1) is 12.4 Å². The molecule has 2 aromatic carbocycles. The summed E-state index contributed by atoms with van der Waals surface area (Å²) in [6.07, 6.45) is 15.4. The summed E-state index contributed by atoms with van der Waals surface area (Å²) in [6.45, 7) is 8.45. The Bertz CT molecular complexity index is 1560. The van der Waals surface area contributed by atoms with Crippen molar-refractivity contribution in [2.24, 2.45) is 0 Å². The van der Waals surface area contributed by atoms with Crippen LogP contribution in [0.25, 0.3) is 22.5 Å². The van der Waals surface area contributed by atoms with E-state index in [2.05, 4.69) is 41.0 Å². The van der Waals surface area contributed by atoms with E-state index in [9.17, 15) is 18.4 Å². The minimum absolute atomic E-state index is 0. The average molecular weight is 795 g/mol. The van der Waals surface area contributed by atoms with E-state index in [-0.39, 0.29) is 41.6 Å². The SMILES string of the molecule is Cl.O.O=C(NCCCCN1CCCCC1)Nc1ccc(-c2ccc(F)cc2)nc1.O=C(NCCCCN1CCCCC1)Nc1ccc(-c2ccc(F)cc2)nc1. The zero-order valence-corrected chi connectivity index (χ0v) is 32.9. The lowest BCUT2D eigenvalue weighted by atomic mass is 10.1. The van der Waals surface area contributed by atoms with E-state index in [0.29, 0.717) is 24.5 Å². The number of likely N-dealkylation sites (tertiary alicyclic amines) is 2. The van der Waals surface area contributed by atoms with E-state index in [1.54, 1.807) is 48.8 Å². The van der Waals surface area contributed by atoms with E-state index < -0.39 is 0 Å². The lowest BCUT2D eigenvalue weighted by Crippen LogP contribution is -2.32. The number of hydrogen-bond acceptors (Lipinski definition) is 6. The molecule has 4 aromatic rings. The zero-order valence-electron chi connectivity index (χ0n) is 32.1. The van der Waals surface area contributed by atoms with Gasteiger partial charge in [0, 0.05) is 24.2 Å². The summed E-state index contributed by atoms with van der Waals surface area (Å²) >= 11 is 0. The number of anilines is 2. The molecule has 2 aliphatic rings. The summed E-state index contributed by atoms with van der Waals surface area (Å²) in [5, 5.41) is 11.3. The predicted octanol–water partition coefficient (Wildman–Crippen LogP) is 8.15. The third-order valence-corrected chi connectivity index (χ3v) is 9.59. The van der Waals surface area contributed by atoms with Gasteiger partial charge in [-0.3, -0.25) is 9.97 Å². The van der Waals surface area contributed by atoms with Gasteiger partial charge in [0.05, 0.1) is 35.2 Å². The van der Waals surface area contributed by atoms with Crippen molar-refractivity contribution in [1.82, 2.24) is 30.4 Å². The molecule has 0 radical (unpaired) electrons. The summed E-state index contributed by atoms with van der Waals surface area (Å²) < 4.78 is 26.0. The standard InChI is InChI=1S/2C21H27FN4O.ClH.H2O/c2*22-18-8-6-17(7-9-18)20-11-10-19(16-24-20)25-21(27)23-12-2-5-15-26-13-3-1-4-14-26;;/h2*6-11,16H,1-5,12-15H2,(H2,23,25,27);1H;1H2. The molecule has 56 heavy (non-hydrogen) atoms. The van der Waals surface area contributed by atoms with Gasteiger partial charge in [-0.2, -0.15) is 0 Å². The Morgan fingerprint density at radius 3 is 1.25 bits per heavy atom. The van der Waals surface area contributed by atoms with Gasteiger partial charge in [-0.1, -0.05) is 12.8 Å². The number of aromatic nitrogens is 2. The fourth-order valence-corrected chi connectivity index (χ4v) is 6.56. The minimum atomic E-state index is -0.273. The van der Waals surface area contributed by atoms with Crippen LogP contribution in [0.4, 0.5) is 29.7 Å². The van der Waals surface area contributed by atoms with E-state index in [1.165, 1.54) is 89.0 Å². The Balaban J connectivity index is 0.000000290. The molecule has 6 N–H and O–H groups in total. The van der Waals surface area contributed by atoms with E-state index >= 15 is 0 Å². The Morgan fingerprint density at radius 1 is 0.536 bits per heavy atom. The molecule has 0 unspecified atom stereocenters. The predicted molar refractivity (Wildman–Crippen MR) is 223 cm³/mol. The molecule has 0 atom stereocenters. The largest absolute Gasteiger partial charge is 0.412 e. The maximum absolute atomic E-state index is 13.0. The molecule has 11 nitrogen and oxygen atoms in total. The van der Waals surface area contributed by atoms with Crippen LogP contribution < -0.4 is 21.3 Å². The van der Waals surface area contributed by atoms with E-state index in [1.807, 2.05) is 12.1 Å². The number of amides is 4. The van der Waals surface area contributed by atoms with Crippen molar-refractivity contribution in [1.29, 1.82) is 0 Å². The van der Waals surface area contributed by atoms with Crippen LogP contribution in [0.3, 0.4) is 0 Å². The summed E-state index contributed by atoms with van der Waals surface area (Å²) in [6, 6.07) is 19.1. The van der Waals surface area contributed by atoms with Crippen LogP contribution in [0.5, 0.6) is 0 Å². The molecular formula is C42H57ClF2N8O3. The number of carbonyl (C=O) groups excluding carboxylic acids is 2. The molecule has 14 heteroatoms. The molecule has 0 bridgehead atoms. The molecule has 6 rings (SSSR count). The molecule has 304 valence electrons. The van der Waals surface area contributed by atoms with Crippen LogP contribution in [-0.2, 0) is 0 Å². The first-order valence-corrected chi connectivity index (χ1v) is 19.4. The van der Waals surface area contributed by atoms with Crippen LogP contribution >= 0.6 is 12.4 Å². The molecule has 0 aliphatic carbocycles. The number of benzene rings is 2. The summed E-state index contributed by atoms with van der Waals surface area (Å²) in [7, 11) is 0. The number of rotatable bonds is 14. The number of piperidine rings is 2. The number of unbranched alkanes of at least 4 members (excludes halogenated alkanes) is 2. The Kier molecular flexibility index (Phi) is 20.8. The number of pyridine rings is 2. The van der Waals surface area contributed by atoms with Crippen molar-refractivity contribution in [3.8, 4) is 22.5 Å². The molecule has 0 saturated carbocycles. The number of carbonyl (C=O) groups is 2. The van der Waals surface area contributed by atoms with Crippen LogP contribution in [0.1, 0.15) is 64.2 Å². The first kappa shape index (κ1) is 45.7. The van der Waals surface area contributed by atoms with Crippen molar-refractivity contribution in [3.63, 3.8) is 0 Å². The second-order valence-corrected chi connectivity index (χ2v) is 13.9. The number of nitrogens with zero attached hydrogens (tertiary/aromatic N) is 4. The lowest BCUT2D eigenvalue weighted by Gasteiger charge is -2.26. The van der Waals surface area contributed by atoms with Crippen LogP contribution in [-0.4, -0.2) is 89.7 Å². The second-order valence-electron chi connectivity index (χ2n) is 13.9. The molecule has 4 heterocycles. The van der Waals surface area contributed by atoms with E-state index in [4.69, 9.17) is 0 Å². The molecule has 2 aliphatic heterocycles. The lowest BCUT2D eigenvalue weighted by molar-refractivity contribution is 0.224. The smallest absolute Gasteiger partial charge is 0.319 e. The van der Waals surface area contributed by atoms with Crippen molar-refractivity contribution in [2.45, 2.75) is 64.2 Å². The molecular weight excluding hydrogens is 738 g/mol. The first-order valence-electron chi connectivity index (χ1n) is 19.4. The summed E-state index contributed by atoms with van der Waals surface area (Å²) in [5.74, 6) is -0.547. The van der Waals surface area contributed by atoms with Gasteiger partial charge in [0.2, 0.25) is 0 Å². The fraction of sp³-hybridized carbons (Fsp3) is 0.429. The van der Waals surface area contributed by atoms with Crippen LogP contribution in [0, 0.1) is 11.6 Å². The van der Waals surface area contributed by atoms with Gasteiger partial charge in [0.1, 0.15) is 11.6 Å². The first-order chi connectivity index (χ1) is 26.4. The Morgan fingerprint density at radius 2 is 0.911 bits per heavy atom. The van der Waals surface area contributed by atoms with Gasteiger partial charge in [-0.25, -0.2) is 18.4 Å². The van der Waals surface area contributed by atoms with Gasteiger partial charge in [0.15, 0.2) is 0 Å². The maximum Gasteiger partial charge on any atom is 0.319 e. The molecule has 2 aromatic heterocycles. The Labute approximate surface area is 335 Å². The monoisotopic (exact) mass is 794 g/mol. The Hall–Kier alpha value is -4.69. The second kappa shape index (κ2) is 25.5. The minimum Gasteiger partial charge on any atom is -0.412 e. The third-order valence-electron chi connectivity index (χ3n) is 9.59. The normalized spacial score (nSPS) is 14.2. The number of halogens is 3. The molecule has 4 amide bonds. The highest BCUT2D eigenvalue weighted by Gasteiger charge is 2.11. The zero-order chi connectivity index (χ0) is 37.8. The van der Waals surface area contributed by atoms with Crippen molar-refractivity contribution in [3.05, 3.63) is 96.8 Å². The number of nitrogens with one attached hydrogen (secondary N) is 4. The van der Waals surface area contributed by atoms with Crippen molar-refractivity contribution in [2.75, 3.05) is 63.0 Å². The van der Waals surface area contributed by atoms with E-state index in [0.717, 1.165) is 61.3 Å². The average Bonchev–Trinajstić information content (AvgIpc) is 3.20. The van der Waals surface area contributed by atoms with Gasteiger partial charge in [-0.05, 0) is 163 Å². The highest BCUT2D eigenvalue weighted by molar-refractivity contribution is 5.89. The number of urea groups is 2. The number of hydrogen-bond donors (Lipinski definition) is 4.